The maximum Gasteiger partial charge on any atom is 0.255 e. The van der Waals surface area contributed by atoms with E-state index in [1.165, 1.54) is 17.0 Å². The van der Waals surface area contributed by atoms with Crippen LogP contribution in [0.1, 0.15) is 40.0 Å². The number of fused-ring (bicyclic) bond motifs is 1. The normalized spacial score (nSPS) is 15.5. The molecule has 1 aliphatic rings. The first-order valence-electron chi connectivity index (χ1n) is 8.48. The molecule has 26 heavy (non-hydrogen) atoms. The number of hydrogen-bond donors (Lipinski definition) is 2. The molecule has 0 saturated heterocycles. The van der Waals surface area contributed by atoms with Crippen LogP contribution in [0.4, 0.5) is 4.39 Å². The summed E-state index contributed by atoms with van der Waals surface area (Å²) in [5, 5.41) is 12.3. The van der Waals surface area contributed by atoms with Gasteiger partial charge in [0.1, 0.15) is 11.9 Å². The fourth-order valence-corrected chi connectivity index (χ4v) is 3.22. The number of rotatable bonds is 5. The van der Waals surface area contributed by atoms with Gasteiger partial charge in [0, 0.05) is 12.1 Å². The highest BCUT2D eigenvalue weighted by Crippen LogP contribution is 2.25. The minimum absolute atomic E-state index is 0.189. The SMILES string of the molecule is Cc1cc(F)cc([C@@H](CO)NC(=O)C(C)N2Cc3ccccc3C2=O)c1. The molecule has 2 aromatic rings. The standard InChI is InChI=1S/C20H21FN2O3/c1-12-7-15(9-16(21)8-12)18(11-24)22-19(25)13(2)23-10-14-5-3-4-6-17(14)20(23)26/h3-9,13,18,24H,10-11H2,1-2H3,(H,22,25)/t13?,18-/m1/s1. The van der Waals surface area contributed by atoms with Crippen molar-refractivity contribution in [1.82, 2.24) is 10.2 Å². The van der Waals surface area contributed by atoms with Gasteiger partial charge in [-0.25, -0.2) is 4.39 Å². The van der Waals surface area contributed by atoms with Gasteiger partial charge in [-0.05, 0) is 48.7 Å². The van der Waals surface area contributed by atoms with E-state index in [0.29, 0.717) is 23.2 Å². The lowest BCUT2D eigenvalue weighted by Crippen LogP contribution is -2.46. The van der Waals surface area contributed by atoms with Gasteiger partial charge >= 0.3 is 0 Å². The first-order valence-corrected chi connectivity index (χ1v) is 8.48. The maximum absolute atomic E-state index is 13.6. The van der Waals surface area contributed by atoms with Crippen LogP contribution in [-0.4, -0.2) is 34.5 Å². The van der Waals surface area contributed by atoms with E-state index in [1.54, 1.807) is 32.0 Å². The van der Waals surface area contributed by atoms with E-state index in [4.69, 9.17) is 0 Å². The number of benzene rings is 2. The molecule has 6 heteroatoms. The van der Waals surface area contributed by atoms with Crippen molar-refractivity contribution in [2.75, 3.05) is 6.61 Å². The zero-order valence-corrected chi connectivity index (χ0v) is 14.7. The number of halogens is 1. The van der Waals surface area contributed by atoms with Gasteiger partial charge in [0.15, 0.2) is 0 Å². The second-order valence-electron chi connectivity index (χ2n) is 6.57. The molecule has 0 aromatic heterocycles. The second-order valence-corrected chi connectivity index (χ2v) is 6.57. The smallest absolute Gasteiger partial charge is 0.255 e. The maximum atomic E-state index is 13.6. The Balaban J connectivity index is 1.74. The first kappa shape index (κ1) is 18.1. The van der Waals surface area contributed by atoms with Crippen LogP contribution in [0.5, 0.6) is 0 Å². The zero-order chi connectivity index (χ0) is 18.8. The second kappa shape index (κ2) is 7.25. The van der Waals surface area contributed by atoms with Crippen molar-refractivity contribution in [3.63, 3.8) is 0 Å². The highest BCUT2D eigenvalue weighted by Gasteiger charge is 2.34. The van der Waals surface area contributed by atoms with Crippen molar-refractivity contribution in [3.8, 4) is 0 Å². The number of aliphatic hydroxyl groups is 1. The lowest BCUT2D eigenvalue weighted by molar-refractivity contribution is -0.126. The molecule has 2 atom stereocenters. The summed E-state index contributed by atoms with van der Waals surface area (Å²) < 4.78 is 13.6. The molecule has 0 bridgehead atoms. The van der Waals surface area contributed by atoms with Crippen molar-refractivity contribution in [3.05, 3.63) is 70.5 Å². The quantitative estimate of drug-likeness (QED) is 0.864. The van der Waals surface area contributed by atoms with Crippen LogP contribution in [0, 0.1) is 12.7 Å². The number of amides is 2. The zero-order valence-electron chi connectivity index (χ0n) is 14.7. The van der Waals surface area contributed by atoms with Crippen molar-refractivity contribution < 1.29 is 19.1 Å². The van der Waals surface area contributed by atoms with Crippen LogP contribution in [0.15, 0.2) is 42.5 Å². The van der Waals surface area contributed by atoms with Gasteiger partial charge in [0.05, 0.1) is 12.6 Å². The molecule has 0 radical (unpaired) electrons. The third-order valence-corrected chi connectivity index (χ3v) is 4.66. The topological polar surface area (TPSA) is 69.6 Å². The van der Waals surface area contributed by atoms with Crippen LogP contribution >= 0.6 is 0 Å². The van der Waals surface area contributed by atoms with E-state index in [-0.39, 0.29) is 12.5 Å². The summed E-state index contributed by atoms with van der Waals surface area (Å²) in [4.78, 5) is 26.6. The van der Waals surface area contributed by atoms with E-state index in [2.05, 4.69) is 5.32 Å². The molecule has 0 spiro atoms. The van der Waals surface area contributed by atoms with Gasteiger partial charge in [0.2, 0.25) is 5.91 Å². The summed E-state index contributed by atoms with van der Waals surface area (Å²) in [5.74, 6) is -1.01. The summed E-state index contributed by atoms with van der Waals surface area (Å²) >= 11 is 0. The number of carbonyl (C=O) groups is 2. The summed E-state index contributed by atoms with van der Waals surface area (Å²) in [6, 6.07) is 10.2. The number of carbonyl (C=O) groups excluding carboxylic acids is 2. The molecule has 1 heterocycles. The predicted molar refractivity (Wildman–Crippen MR) is 94.9 cm³/mol. The van der Waals surface area contributed by atoms with Crippen molar-refractivity contribution in [1.29, 1.82) is 0 Å². The van der Waals surface area contributed by atoms with Crippen LogP contribution in [0.2, 0.25) is 0 Å². The Labute approximate surface area is 151 Å². The highest BCUT2D eigenvalue weighted by atomic mass is 19.1. The van der Waals surface area contributed by atoms with Crippen LogP contribution in [0.3, 0.4) is 0 Å². The van der Waals surface area contributed by atoms with Gasteiger partial charge in [-0.2, -0.15) is 0 Å². The molecule has 2 aromatic carbocycles. The predicted octanol–water partition coefficient (Wildman–Crippen LogP) is 2.33. The van der Waals surface area contributed by atoms with Crippen LogP contribution < -0.4 is 5.32 Å². The van der Waals surface area contributed by atoms with E-state index >= 15 is 0 Å². The van der Waals surface area contributed by atoms with E-state index in [0.717, 1.165) is 5.56 Å². The molecule has 0 fully saturated rings. The average molecular weight is 356 g/mol. The summed E-state index contributed by atoms with van der Waals surface area (Å²) in [7, 11) is 0. The lowest BCUT2D eigenvalue weighted by atomic mass is 10.0. The molecule has 0 saturated carbocycles. The molecule has 2 amide bonds. The van der Waals surface area contributed by atoms with Crippen molar-refractivity contribution in [2.24, 2.45) is 0 Å². The van der Waals surface area contributed by atoms with Gasteiger partial charge in [-0.1, -0.05) is 24.3 Å². The Bertz CT molecular complexity index is 832. The minimum atomic E-state index is -0.737. The molecule has 5 nitrogen and oxygen atoms in total. The summed E-state index contributed by atoms with van der Waals surface area (Å²) in [6.45, 7) is 3.39. The third-order valence-electron chi connectivity index (χ3n) is 4.66. The number of aliphatic hydroxyl groups excluding tert-OH is 1. The molecule has 3 rings (SSSR count). The largest absolute Gasteiger partial charge is 0.394 e. The first-order chi connectivity index (χ1) is 12.4. The fraction of sp³-hybridized carbons (Fsp3) is 0.300. The van der Waals surface area contributed by atoms with Crippen molar-refractivity contribution >= 4 is 11.8 Å². The van der Waals surface area contributed by atoms with Gasteiger partial charge in [-0.15, -0.1) is 0 Å². The fourth-order valence-electron chi connectivity index (χ4n) is 3.22. The molecule has 0 aliphatic carbocycles. The Morgan fingerprint density at radius 1 is 1.31 bits per heavy atom. The molecule has 136 valence electrons. The number of nitrogens with one attached hydrogen (secondary N) is 1. The van der Waals surface area contributed by atoms with Gasteiger partial charge in [-0.3, -0.25) is 9.59 Å². The Morgan fingerprint density at radius 3 is 2.69 bits per heavy atom. The van der Waals surface area contributed by atoms with Crippen molar-refractivity contribution in [2.45, 2.75) is 32.5 Å². The van der Waals surface area contributed by atoms with Gasteiger partial charge < -0.3 is 15.3 Å². The Morgan fingerprint density at radius 2 is 2.04 bits per heavy atom. The van der Waals surface area contributed by atoms with E-state index in [9.17, 15) is 19.1 Å². The van der Waals surface area contributed by atoms with Crippen LogP contribution in [0.25, 0.3) is 0 Å². The van der Waals surface area contributed by atoms with E-state index in [1.807, 2.05) is 12.1 Å². The molecular weight excluding hydrogens is 335 g/mol. The molecule has 2 N–H and O–H groups in total. The number of nitrogens with zero attached hydrogens (tertiary/aromatic N) is 1. The average Bonchev–Trinajstić information content (AvgIpc) is 2.95. The molecular formula is C20H21FN2O3. The minimum Gasteiger partial charge on any atom is -0.394 e. The molecule has 1 aliphatic heterocycles. The highest BCUT2D eigenvalue weighted by molar-refractivity contribution is 6.01. The lowest BCUT2D eigenvalue weighted by Gasteiger charge is -2.26. The van der Waals surface area contributed by atoms with E-state index < -0.39 is 23.8 Å². The summed E-state index contributed by atoms with van der Waals surface area (Å²) in [6.07, 6.45) is 0. The van der Waals surface area contributed by atoms with Gasteiger partial charge in [0.25, 0.3) is 5.91 Å². The Hall–Kier alpha value is -2.73. The third kappa shape index (κ3) is 3.46. The molecule has 1 unspecified atom stereocenters. The monoisotopic (exact) mass is 356 g/mol. The summed E-state index contributed by atoms with van der Waals surface area (Å²) in [5.41, 5.74) is 2.68. The number of hydrogen-bond acceptors (Lipinski definition) is 3. The number of aryl methyl sites for hydroxylation is 1. The van der Waals surface area contributed by atoms with Crippen LogP contribution in [-0.2, 0) is 11.3 Å². The Kier molecular flexibility index (Phi) is 5.04.